The molecule has 1 aromatic heterocycles. The third-order valence-electron chi connectivity index (χ3n) is 5.79. The van der Waals surface area contributed by atoms with Crippen LogP contribution in [-0.4, -0.2) is 54.2 Å². The van der Waals surface area contributed by atoms with Gasteiger partial charge in [-0.2, -0.15) is 13.2 Å². The van der Waals surface area contributed by atoms with E-state index < -0.39 is 17.2 Å². The van der Waals surface area contributed by atoms with Gasteiger partial charge in [0.1, 0.15) is 5.01 Å². The maximum Gasteiger partial charge on any atom is 0.416 e. The molecule has 0 radical (unpaired) electrons. The van der Waals surface area contributed by atoms with Crippen LogP contribution < -0.4 is 14.8 Å². The number of hydrogen-bond acceptors (Lipinski definition) is 7. The van der Waals surface area contributed by atoms with Crippen molar-refractivity contribution >= 4 is 28.3 Å². The number of carbonyl (C=O) groups is 2. The normalized spacial score (nSPS) is 11.7. The number of nitrogens with one attached hydrogen (secondary N) is 1. The highest BCUT2D eigenvalue weighted by Gasteiger charge is 2.30. The summed E-state index contributed by atoms with van der Waals surface area (Å²) in [5, 5.41) is 11.1. The minimum Gasteiger partial charge on any atom is -0.493 e. The lowest BCUT2D eigenvalue weighted by atomic mass is 9.94. The zero-order chi connectivity index (χ0) is 28.8. The molecule has 3 rings (SSSR count). The Kier molecular flexibility index (Phi) is 9.54. The van der Waals surface area contributed by atoms with Crippen molar-refractivity contribution in [2.45, 2.75) is 39.8 Å². The van der Waals surface area contributed by atoms with Crippen LogP contribution in [0.1, 0.15) is 38.3 Å². The molecule has 0 saturated heterocycles. The molecule has 1 heterocycles. The Morgan fingerprint density at radius 1 is 0.949 bits per heavy atom. The Hall–Kier alpha value is -3.67. The van der Waals surface area contributed by atoms with Crippen molar-refractivity contribution in [1.82, 2.24) is 15.1 Å². The summed E-state index contributed by atoms with van der Waals surface area (Å²) in [6.07, 6.45) is -3.85. The van der Waals surface area contributed by atoms with Crippen LogP contribution in [0.15, 0.2) is 42.5 Å². The van der Waals surface area contributed by atoms with E-state index in [9.17, 15) is 22.8 Å². The van der Waals surface area contributed by atoms with Crippen molar-refractivity contribution in [3.63, 3.8) is 0 Å². The van der Waals surface area contributed by atoms with Gasteiger partial charge in [0.05, 0.1) is 19.8 Å². The summed E-state index contributed by atoms with van der Waals surface area (Å²) in [4.78, 5) is 27.4. The first kappa shape index (κ1) is 29.9. The topological polar surface area (TPSA) is 93.6 Å². The van der Waals surface area contributed by atoms with Crippen molar-refractivity contribution in [2.75, 3.05) is 32.6 Å². The zero-order valence-electron chi connectivity index (χ0n) is 22.4. The van der Waals surface area contributed by atoms with E-state index in [1.165, 1.54) is 12.1 Å². The van der Waals surface area contributed by atoms with Crippen LogP contribution in [0.5, 0.6) is 11.5 Å². The quantitative estimate of drug-likeness (QED) is 0.340. The van der Waals surface area contributed by atoms with E-state index >= 15 is 0 Å². The molecule has 0 fully saturated rings. The Morgan fingerprint density at radius 3 is 2.21 bits per heavy atom. The van der Waals surface area contributed by atoms with Gasteiger partial charge < -0.3 is 19.7 Å². The van der Waals surface area contributed by atoms with E-state index in [0.29, 0.717) is 35.0 Å². The Bertz CT molecular complexity index is 1290. The minimum absolute atomic E-state index is 0.0307. The first-order chi connectivity index (χ1) is 18.3. The molecular weight excluding hydrogens is 533 g/mol. The van der Waals surface area contributed by atoms with Gasteiger partial charge in [-0.05, 0) is 36.2 Å². The van der Waals surface area contributed by atoms with Crippen molar-refractivity contribution in [3.05, 3.63) is 53.6 Å². The second-order valence-electron chi connectivity index (χ2n) is 9.77. The highest BCUT2D eigenvalue weighted by Crippen LogP contribution is 2.32. The molecule has 0 bridgehead atoms. The Balaban J connectivity index is 1.62. The van der Waals surface area contributed by atoms with Crippen molar-refractivity contribution in [1.29, 1.82) is 0 Å². The smallest absolute Gasteiger partial charge is 0.416 e. The maximum atomic E-state index is 13.1. The zero-order valence-corrected chi connectivity index (χ0v) is 23.2. The predicted octanol–water partition coefficient (Wildman–Crippen LogP) is 5.69. The predicted molar refractivity (Wildman–Crippen MR) is 143 cm³/mol. The number of hydrogen-bond donors (Lipinski definition) is 1. The number of anilines is 1. The minimum atomic E-state index is -4.43. The van der Waals surface area contributed by atoms with Crippen LogP contribution in [0.3, 0.4) is 0 Å². The number of alkyl halides is 3. The third-order valence-corrected chi connectivity index (χ3v) is 6.67. The molecule has 0 saturated carbocycles. The molecule has 0 unspecified atom stereocenters. The molecule has 39 heavy (non-hydrogen) atoms. The largest absolute Gasteiger partial charge is 0.493 e. The Morgan fingerprint density at radius 2 is 1.62 bits per heavy atom. The van der Waals surface area contributed by atoms with Gasteiger partial charge in [0.2, 0.25) is 16.9 Å². The van der Waals surface area contributed by atoms with Gasteiger partial charge in [-0.1, -0.05) is 50.3 Å². The highest BCUT2D eigenvalue weighted by atomic mass is 32.1. The van der Waals surface area contributed by atoms with Crippen LogP contribution in [0, 0.1) is 5.41 Å². The number of benzene rings is 2. The fraction of sp³-hybridized carbons (Fsp3) is 0.407. The number of amides is 2. The molecule has 2 aromatic carbocycles. The summed E-state index contributed by atoms with van der Waals surface area (Å²) < 4.78 is 49.0. The SMILES string of the molecule is COc1ccc(CCN(CCC(=O)Nc2nnc(-c3ccc(C(F)(F)F)cc3)s2)C(=O)C(C)(C)C)cc1OC. The molecule has 210 valence electrons. The fourth-order valence-electron chi connectivity index (χ4n) is 3.70. The monoisotopic (exact) mass is 564 g/mol. The number of methoxy groups -OCH3 is 2. The first-order valence-corrected chi connectivity index (χ1v) is 12.9. The molecule has 3 aromatic rings. The van der Waals surface area contributed by atoms with Crippen LogP contribution in [0.2, 0.25) is 0 Å². The lowest BCUT2D eigenvalue weighted by molar-refractivity contribution is -0.140. The Labute approximate surface area is 229 Å². The number of halogens is 3. The van der Waals surface area contributed by atoms with Crippen LogP contribution in [0.4, 0.5) is 18.3 Å². The summed E-state index contributed by atoms with van der Waals surface area (Å²) in [7, 11) is 3.11. The van der Waals surface area contributed by atoms with E-state index in [1.54, 1.807) is 25.2 Å². The van der Waals surface area contributed by atoms with Crippen LogP contribution in [0.25, 0.3) is 10.6 Å². The van der Waals surface area contributed by atoms with Gasteiger partial charge >= 0.3 is 6.18 Å². The summed E-state index contributed by atoms with van der Waals surface area (Å²) in [5.74, 6) is 0.758. The molecule has 2 amide bonds. The average Bonchev–Trinajstić information content (AvgIpc) is 3.35. The molecular formula is C27H31F3N4O4S. The van der Waals surface area contributed by atoms with Crippen LogP contribution >= 0.6 is 11.3 Å². The lowest BCUT2D eigenvalue weighted by Crippen LogP contribution is -2.42. The molecule has 0 aliphatic rings. The van der Waals surface area contributed by atoms with Crippen molar-refractivity contribution < 1.29 is 32.2 Å². The number of ether oxygens (including phenoxy) is 2. The summed E-state index contributed by atoms with van der Waals surface area (Å²) in [6, 6.07) is 10.1. The molecule has 0 aliphatic heterocycles. The van der Waals surface area contributed by atoms with E-state index in [2.05, 4.69) is 15.5 Å². The van der Waals surface area contributed by atoms with E-state index in [-0.39, 0.29) is 29.9 Å². The summed E-state index contributed by atoms with van der Waals surface area (Å²) in [6.45, 7) is 6.06. The standard InChI is InChI=1S/C27H31F3N4O4S/c1-26(2,3)24(36)34(14-12-17-6-11-20(37-4)21(16-17)38-5)15-13-22(35)31-25-33-32-23(39-25)18-7-9-19(10-8-18)27(28,29)30/h6-11,16H,12-15H2,1-5H3,(H,31,33,35). The second kappa shape index (κ2) is 12.5. The number of rotatable bonds is 10. The van der Waals surface area contributed by atoms with E-state index in [4.69, 9.17) is 9.47 Å². The highest BCUT2D eigenvalue weighted by molar-refractivity contribution is 7.18. The van der Waals surface area contributed by atoms with Crippen molar-refractivity contribution in [3.8, 4) is 22.1 Å². The number of carbonyl (C=O) groups excluding carboxylic acids is 2. The molecule has 0 aliphatic carbocycles. The third kappa shape index (κ3) is 8.16. The summed E-state index contributed by atoms with van der Waals surface area (Å²) in [5.41, 5.74) is 0.0143. The van der Waals surface area contributed by atoms with Gasteiger partial charge in [0.25, 0.3) is 0 Å². The average molecular weight is 565 g/mol. The second-order valence-corrected chi connectivity index (χ2v) is 10.7. The van der Waals surface area contributed by atoms with Crippen LogP contribution in [-0.2, 0) is 22.2 Å². The van der Waals surface area contributed by atoms with Gasteiger partial charge in [0.15, 0.2) is 11.5 Å². The van der Waals surface area contributed by atoms with E-state index in [1.807, 2.05) is 32.9 Å². The molecule has 0 spiro atoms. The number of aromatic nitrogens is 2. The van der Waals surface area contributed by atoms with Gasteiger partial charge in [-0.15, -0.1) is 10.2 Å². The maximum absolute atomic E-state index is 13.1. The molecule has 8 nitrogen and oxygen atoms in total. The lowest BCUT2D eigenvalue weighted by Gasteiger charge is -2.29. The molecule has 1 N–H and O–H groups in total. The van der Waals surface area contributed by atoms with E-state index in [0.717, 1.165) is 29.0 Å². The van der Waals surface area contributed by atoms with Crippen molar-refractivity contribution in [2.24, 2.45) is 5.41 Å². The van der Waals surface area contributed by atoms with Gasteiger partial charge in [0, 0.05) is 30.5 Å². The molecule has 12 heteroatoms. The van der Waals surface area contributed by atoms with Gasteiger partial charge in [-0.25, -0.2) is 0 Å². The first-order valence-electron chi connectivity index (χ1n) is 12.1. The fourth-order valence-corrected chi connectivity index (χ4v) is 4.47. The number of nitrogens with zero attached hydrogens (tertiary/aromatic N) is 3. The summed E-state index contributed by atoms with van der Waals surface area (Å²) >= 11 is 1.05. The van der Waals surface area contributed by atoms with Gasteiger partial charge in [-0.3, -0.25) is 9.59 Å². The molecule has 0 atom stereocenters.